The first-order chi connectivity index (χ1) is 30.7. The van der Waals surface area contributed by atoms with Crippen LogP contribution < -0.4 is 82.8 Å². The maximum atomic E-state index is 13.4. The molecule has 0 bridgehead atoms. The molecule has 0 aromatic heterocycles. The van der Waals surface area contributed by atoms with Crippen molar-refractivity contribution >= 4 is 59.3 Å². The van der Waals surface area contributed by atoms with Crippen LogP contribution >= 0.6 is 0 Å². The Morgan fingerprint density at radius 2 is 1.31 bits per heavy atom. The minimum absolute atomic E-state index is 0. The Morgan fingerprint density at radius 3 is 1.96 bits per heavy atom. The number of azo groups is 1. The summed E-state index contributed by atoms with van der Waals surface area (Å²) < 4.78 is 93.4. The van der Waals surface area contributed by atoms with Gasteiger partial charge in [-0.3, -0.25) is 4.79 Å². The molecule has 6 aromatic carbocycles. The van der Waals surface area contributed by atoms with Crippen LogP contribution in [0.15, 0.2) is 118 Å². The monoisotopic (exact) mass is 971 g/mol. The minimum atomic E-state index is -5.52. The number of hydrogen-bond acceptors (Lipinski definition) is 14. The molecule has 344 valence electrons. The summed E-state index contributed by atoms with van der Waals surface area (Å²) in [5.74, 6) is -0.111. The Hall–Kier alpha value is -4.27. The quantitative estimate of drug-likeness (QED) is 0.0366. The van der Waals surface area contributed by atoms with E-state index in [2.05, 4.69) is 79.5 Å². The van der Waals surface area contributed by atoms with Gasteiger partial charge >= 0.3 is 59.1 Å². The molecule has 0 saturated carbocycles. The van der Waals surface area contributed by atoms with Gasteiger partial charge in [0.2, 0.25) is 0 Å². The van der Waals surface area contributed by atoms with Crippen LogP contribution in [0, 0.1) is 0 Å². The van der Waals surface area contributed by atoms with Crippen molar-refractivity contribution < 1.29 is 113 Å². The van der Waals surface area contributed by atoms with Gasteiger partial charge in [-0.25, -0.2) is 16.8 Å². The fraction of sp³-hybridized carbons (Fsp3) is 0.312. The van der Waals surface area contributed by atoms with Crippen LogP contribution in [0.25, 0.3) is 21.5 Å². The molecule has 1 amide bonds. The third kappa shape index (κ3) is 13.9. The van der Waals surface area contributed by atoms with Crippen LogP contribution in [0.5, 0.6) is 28.7 Å². The average Bonchev–Trinajstić information content (AvgIpc) is 3.27. The second-order valence-corrected chi connectivity index (χ2v) is 18.9. The van der Waals surface area contributed by atoms with Crippen LogP contribution in [0.4, 0.5) is 11.4 Å². The molecule has 19 heteroatoms. The van der Waals surface area contributed by atoms with Crippen molar-refractivity contribution in [2.24, 2.45) is 10.2 Å². The summed E-state index contributed by atoms with van der Waals surface area (Å²) >= 11 is 0. The van der Waals surface area contributed by atoms with E-state index in [4.69, 9.17) is 14.2 Å². The van der Waals surface area contributed by atoms with Crippen molar-refractivity contribution in [1.29, 1.82) is 0 Å². The van der Waals surface area contributed by atoms with Crippen LogP contribution in [-0.2, 0) is 31.3 Å². The standard InChI is InChI=1S/C48H53N3O12S2.2Na/c1-7-47(3,4)32-18-23-40(39(29-32)48(5,6)8-2)61-25-13-24-49-46(53)38-30-41(36-16-11-12-17-37(36)44(38)52)62-27-26-60-34-21-19-33(20-22-34)50-51-43-35-15-10-9-14-31(35)28-42(64(54,55)56)45(43)63-65(57,58)59;;/h9-12,14-23,28-30,52H,7-8,13,24-27H2,1-6H3,(H,49,53)(H,54,55,56)(H,57,58,59);;/q;2*+1/p-2. The molecule has 6 rings (SSSR count). The van der Waals surface area contributed by atoms with Crippen LogP contribution in [0.3, 0.4) is 0 Å². The number of nitrogens with zero attached hydrogens (tertiary/aromatic N) is 2. The summed E-state index contributed by atoms with van der Waals surface area (Å²) in [6, 6.07) is 28.0. The normalized spacial score (nSPS) is 12.1. The minimum Gasteiger partial charge on any atom is -0.744 e. The number of ether oxygens (including phenoxy) is 3. The summed E-state index contributed by atoms with van der Waals surface area (Å²) in [6.45, 7) is 14.1. The topological polar surface area (TPSA) is 225 Å². The first-order valence-corrected chi connectivity index (χ1v) is 23.7. The molecule has 6 aromatic rings. The molecule has 0 saturated heterocycles. The van der Waals surface area contributed by atoms with E-state index >= 15 is 0 Å². The van der Waals surface area contributed by atoms with E-state index < -0.39 is 42.8 Å². The Balaban J connectivity index is 0.00000490. The molecule has 0 fully saturated rings. The van der Waals surface area contributed by atoms with Gasteiger partial charge in [-0.1, -0.05) is 102 Å². The number of aromatic hydroxyl groups is 1. The van der Waals surface area contributed by atoms with E-state index in [-0.39, 0.29) is 111 Å². The smallest absolute Gasteiger partial charge is 0.744 e. The molecule has 15 nitrogen and oxygen atoms in total. The third-order valence-electron chi connectivity index (χ3n) is 11.5. The van der Waals surface area contributed by atoms with Gasteiger partial charge in [0.1, 0.15) is 56.9 Å². The Labute approximate surface area is 436 Å². The number of carbonyl (C=O) groups excluding carboxylic acids is 1. The van der Waals surface area contributed by atoms with E-state index in [1.165, 1.54) is 35.9 Å². The van der Waals surface area contributed by atoms with E-state index in [0.717, 1.165) is 30.2 Å². The first kappa shape index (κ1) is 55.3. The first-order valence-electron chi connectivity index (χ1n) is 21.0. The molecule has 0 heterocycles. The fourth-order valence-electron chi connectivity index (χ4n) is 6.95. The van der Waals surface area contributed by atoms with Crippen molar-refractivity contribution in [3.8, 4) is 28.7 Å². The summed E-state index contributed by atoms with van der Waals surface area (Å²) in [7, 11) is -10.8. The van der Waals surface area contributed by atoms with Crippen molar-refractivity contribution in [2.45, 2.75) is 76.5 Å². The number of fused-ring (bicyclic) bond motifs is 2. The number of nitrogens with one attached hydrogen (secondary N) is 1. The van der Waals surface area contributed by atoms with E-state index in [0.29, 0.717) is 41.8 Å². The molecule has 0 aliphatic carbocycles. The van der Waals surface area contributed by atoms with Gasteiger partial charge in [0.15, 0.2) is 5.75 Å². The Bertz CT molecular complexity index is 2970. The molecule has 0 atom stereocenters. The second kappa shape index (κ2) is 23.4. The Morgan fingerprint density at radius 1 is 0.701 bits per heavy atom. The zero-order chi connectivity index (χ0) is 47.2. The Kier molecular flexibility index (Phi) is 19.3. The molecular weight excluding hydrogens is 921 g/mol. The van der Waals surface area contributed by atoms with Crippen molar-refractivity contribution in [2.75, 3.05) is 26.4 Å². The van der Waals surface area contributed by atoms with Crippen molar-refractivity contribution in [3.05, 3.63) is 120 Å². The van der Waals surface area contributed by atoms with Crippen LogP contribution in [0.1, 0.15) is 82.3 Å². The maximum absolute atomic E-state index is 13.4. The largest absolute Gasteiger partial charge is 1.00 e. The summed E-state index contributed by atoms with van der Waals surface area (Å²) in [4.78, 5) is 12.4. The van der Waals surface area contributed by atoms with E-state index in [1.54, 1.807) is 48.5 Å². The molecule has 0 radical (unpaired) electrons. The maximum Gasteiger partial charge on any atom is 1.00 e. The van der Waals surface area contributed by atoms with Gasteiger partial charge in [0.05, 0.1) is 17.9 Å². The van der Waals surface area contributed by atoms with Crippen LogP contribution in [0.2, 0.25) is 0 Å². The number of phenols is 1. The predicted molar refractivity (Wildman–Crippen MR) is 245 cm³/mol. The SMILES string of the molecule is CCC(C)(C)c1ccc(OCCCNC(=O)c2cc(OCCOc3ccc(N=Nc4c(OS(=O)(=O)[O-])c(S(=O)(=O)[O-])cc5ccccc45)cc3)c3ccccc3c2O)c(C(C)(C)CC)c1.[Na+].[Na+]. The van der Waals surface area contributed by atoms with Crippen molar-refractivity contribution in [3.63, 3.8) is 0 Å². The zero-order valence-electron chi connectivity index (χ0n) is 38.9. The summed E-state index contributed by atoms with van der Waals surface area (Å²) in [6.07, 6.45) is 2.49. The van der Waals surface area contributed by atoms with Crippen molar-refractivity contribution in [1.82, 2.24) is 5.32 Å². The number of rotatable bonds is 20. The molecule has 0 spiro atoms. The van der Waals surface area contributed by atoms with Gasteiger partial charge in [-0.2, -0.15) is 5.11 Å². The summed E-state index contributed by atoms with van der Waals surface area (Å²) in [5, 5.41) is 23.5. The predicted octanol–water partition coefficient (Wildman–Crippen LogP) is 3.90. The molecule has 2 N–H and O–H groups in total. The fourth-order valence-corrected chi connectivity index (χ4v) is 8.01. The van der Waals surface area contributed by atoms with Gasteiger partial charge in [0.25, 0.3) is 16.3 Å². The van der Waals surface area contributed by atoms with Gasteiger partial charge in [-0.15, -0.1) is 5.11 Å². The van der Waals surface area contributed by atoms with Gasteiger partial charge in [0, 0.05) is 28.3 Å². The number of amides is 1. The number of phenolic OH excluding ortho intramolecular Hbond substituents is 1. The third-order valence-corrected chi connectivity index (χ3v) is 12.7. The van der Waals surface area contributed by atoms with Crippen LogP contribution in [-0.4, -0.2) is 63.3 Å². The number of hydrogen-bond donors (Lipinski definition) is 2. The molecule has 67 heavy (non-hydrogen) atoms. The molecule has 0 aliphatic rings. The molecular formula is C48H51N3Na2O12S2. The van der Waals surface area contributed by atoms with Gasteiger partial charge < -0.3 is 37.9 Å². The molecule has 0 aliphatic heterocycles. The number of carbonyl (C=O) groups is 1. The average molecular weight is 972 g/mol. The van der Waals surface area contributed by atoms with Gasteiger partial charge in [-0.05, 0) is 83.5 Å². The molecule has 0 unspecified atom stereocenters. The number of benzene rings is 6. The van der Waals surface area contributed by atoms with E-state index in [1.807, 2.05) is 0 Å². The zero-order valence-corrected chi connectivity index (χ0v) is 44.5. The second-order valence-electron chi connectivity index (χ2n) is 16.6. The summed E-state index contributed by atoms with van der Waals surface area (Å²) in [5.41, 5.74) is 2.18. The van der Waals surface area contributed by atoms with E-state index in [9.17, 15) is 35.8 Å².